The van der Waals surface area contributed by atoms with Crippen molar-refractivity contribution in [2.75, 3.05) is 35.6 Å². The van der Waals surface area contributed by atoms with E-state index in [2.05, 4.69) is 15.5 Å². The molecule has 6 heteroatoms. The summed E-state index contributed by atoms with van der Waals surface area (Å²) in [6.07, 6.45) is 1.73. The first-order valence-electron chi connectivity index (χ1n) is 6.87. The van der Waals surface area contributed by atoms with Gasteiger partial charge in [0.2, 0.25) is 11.8 Å². The van der Waals surface area contributed by atoms with Crippen LogP contribution >= 0.6 is 0 Å². The smallest absolute Gasteiger partial charge is 0.224 e. The van der Waals surface area contributed by atoms with Gasteiger partial charge in [-0.05, 0) is 24.1 Å². The Morgan fingerprint density at radius 3 is 2.75 bits per heavy atom. The maximum atomic E-state index is 11.4. The van der Waals surface area contributed by atoms with Gasteiger partial charge in [-0.2, -0.15) is 0 Å². The number of carbonyl (C=O) groups excluding carboxylic acids is 2. The molecule has 2 aliphatic heterocycles. The Morgan fingerprint density at radius 2 is 1.90 bits per heavy atom. The lowest BCUT2D eigenvalue weighted by molar-refractivity contribution is -0.120. The molecule has 1 saturated heterocycles. The summed E-state index contributed by atoms with van der Waals surface area (Å²) in [7, 11) is 0. The Balaban J connectivity index is 1.90. The second kappa shape index (κ2) is 5.03. The minimum atomic E-state index is 0.0363. The molecule has 0 saturated carbocycles. The van der Waals surface area contributed by atoms with Crippen molar-refractivity contribution in [3.05, 3.63) is 17.7 Å². The summed E-state index contributed by atoms with van der Waals surface area (Å²) in [4.78, 5) is 24.9. The molecule has 2 heterocycles. The van der Waals surface area contributed by atoms with Gasteiger partial charge < -0.3 is 21.3 Å². The van der Waals surface area contributed by atoms with Crippen LogP contribution in [0.25, 0.3) is 0 Å². The SMILES string of the molecule is Nc1cc2c(cc1N1CCNC(=O)CC1)CCC(=O)N2. The summed E-state index contributed by atoms with van der Waals surface area (Å²) in [5.74, 6) is 0.116. The van der Waals surface area contributed by atoms with Crippen LogP contribution in [-0.4, -0.2) is 31.4 Å². The summed E-state index contributed by atoms with van der Waals surface area (Å²) in [5, 5.41) is 5.70. The molecule has 0 aliphatic carbocycles. The maximum absolute atomic E-state index is 11.4. The summed E-state index contributed by atoms with van der Waals surface area (Å²) in [5.41, 5.74) is 9.62. The van der Waals surface area contributed by atoms with Crippen molar-refractivity contribution in [1.82, 2.24) is 5.32 Å². The van der Waals surface area contributed by atoms with E-state index >= 15 is 0 Å². The van der Waals surface area contributed by atoms with Gasteiger partial charge in [-0.25, -0.2) is 0 Å². The van der Waals surface area contributed by atoms with Gasteiger partial charge in [-0.1, -0.05) is 0 Å². The largest absolute Gasteiger partial charge is 0.397 e. The summed E-state index contributed by atoms with van der Waals surface area (Å²) in [6, 6.07) is 3.86. The van der Waals surface area contributed by atoms with E-state index in [1.165, 1.54) is 0 Å². The van der Waals surface area contributed by atoms with Crippen LogP contribution in [-0.2, 0) is 16.0 Å². The maximum Gasteiger partial charge on any atom is 0.224 e. The molecule has 20 heavy (non-hydrogen) atoms. The molecule has 1 fully saturated rings. The lowest BCUT2D eigenvalue weighted by atomic mass is 10.0. The molecule has 106 valence electrons. The molecule has 0 aromatic heterocycles. The number of rotatable bonds is 1. The van der Waals surface area contributed by atoms with Crippen molar-refractivity contribution in [1.29, 1.82) is 0 Å². The molecule has 2 aliphatic rings. The number of nitrogen functional groups attached to an aromatic ring is 1. The fourth-order valence-electron chi connectivity index (χ4n) is 2.71. The lowest BCUT2D eigenvalue weighted by Crippen LogP contribution is -2.29. The van der Waals surface area contributed by atoms with Crippen LogP contribution in [0.4, 0.5) is 17.1 Å². The monoisotopic (exact) mass is 274 g/mol. The average molecular weight is 274 g/mol. The molecule has 0 atom stereocenters. The molecule has 0 spiro atoms. The molecule has 1 aromatic rings. The zero-order chi connectivity index (χ0) is 14.1. The molecule has 0 radical (unpaired) electrons. The predicted molar refractivity (Wildman–Crippen MR) is 77.6 cm³/mol. The lowest BCUT2D eigenvalue weighted by Gasteiger charge is -2.26. The van der Waals surface area contributed by atoms with Gasteiger partial charge in [0, 0.05) is 38.2 Å². The van der Waals surface area contributed by atoms with Crippen molar-refractivity contribution in [3.63, 3.8) is 0 Å². The van der Waals surface area contributed by atoms with E-state index < -0.39 is 0 Å². The Hall–Kier alpha value is -2.24. The number of nitrogens with one attached hydrogen (secondary N) is 2. The molecular weight excluding hydrogens is 256 g/mol. The average Bonchev–Trinajstić information content (AvgIpc) is 2.63. The number of nitrogens with two attached hydrogens (primary N) is 1. The van der Waals surface area contributed by atoms with Crippen molar-refractivity contribution >= 4 is 28.9 Å². The highest BCUT2D eigenvalue weighted by atomic mass is 16.2. The highest BCUT2D eigenvalue weighted by Gasteiger charge is 2.20. The van der Waals surface area contributed by atoms with Crippen LogP contribution in [0.3, 0.4) is 0 Å². The molecule has 4 N–H and O–H groups in total. The van der Waals surface area contributed by atoms with Crippen LogP contribution in [0.2, 0.25) is 0 Å². The van der Waals surface area contributed by atoms with Crippen molar-refractivity contribution in [2.24, 2.45) is 0 Å². The third-order valence-electron chi connectivity index (χ3n) is 3.80. The zero-order valence-corrected chi connectivity index (χ0v) is 11.2. The molecule has 1 aromatic carbocycles. The van der Waals surface area contributed by atoms with Crippen molar-refractivity contribution in [2.45, 2.75) is 19.3 Å². The number of fused-ring (bicyclic) bond motifs is 1. The molecule has 2 amide bonds. The van der Waals surface area contributed by atoms with Crippen molar-refractivity contribution < 1.29 is 9.59 Å². The Kier molecular flexibility index (Phi) is 3.22. The number of aryl methyl sites for hydroxylation is 1. The summed E-state index contributed by atoms with van der Waals surface area (Å²) >= 11 is 0. The number of benzene rings is 1. The van der Waals surface area contributed by atoms with Gasteiger partial charge in [-0.15, -0.1) is 0 Å². The van der Waals surface area contributed by atoms with E-state index in [-0.39, 0.29) is 11.8 Å². The molecular formula is C14H18N4O2. The number of hydrogen-bond acceptors (Lipinski definition) is 4. The van der Waals surface area contributed by atoms with Crippen LogP contribution < -0.4 is 21.3 Å². The van der Waals surface area contributed by atoms with E-state index in [0.29, 0.717) is 31.6 Å². The Bertz CT molecular complexity index is 571. The number of nitrogens with zero attached hydrogens (tertiary/aromatic N) is 1. The Labute approximate surface area is 117 Å². The molecule has 3 rings (SSSR count). The van der Waals surface area contributed by atoms with E-state index in [4.69, 9.17) is 5.73 Å². The second-order valence-corrected chi connectivity index (χ2v) is 5.20. The topological polar surface area (TPSA) is 87.5 Å². The van der Waals surface area contributed by atoms with Gasteiger partial charge >= 0.3 is 0 Å². The van der Waals surface area contributed by atoms with Gasteiger partial charge in [0.25, 0.3) is 0 Å². The summed E-state index contributed by atoms with van der Waals surface area (Å²) in [6.45, 7) is 2.05. The molecule has 0 bridgehead atoms. The third-order valence-corrected chi connectivity index (χ3v) is 3.80. The quantitative estimate of drug-likeness (QED) is 0.650. The van der Waals surface area contributed by atoms with E-state index in [9.17, 15) is 9.59 Å². The van der Waals surface area contributed by atoms with Crippen LogP contribution in [0.5, 0.6) is 0 Å². The minimum Gasteiger partial charge on any atom is -0.397 e. The van der Waals surface area contributed by atoms with Gasteiger partial charge in [-0.3, -0.25) is 9.59 Å². The molecule has 0 unspecified atom stereocenters. The van der Waals surface area contributed by atoms with Crippen molar-refractivity contribution in [3.8, 4) is 0 Å². The zero-order valence-electron chi connectivity index (χ0n) is 11.2. The summed E-state index contributed by atoms with van der Waals surface area (Å²) < 4.78 is 0. The minimum absolute atomic E-state index is 0.0363. The number of carbonyl (C=O) groups is 2. The first-order valence-corrected chi connectivity index (χ1v) is 6.87. The normalized spacial score (nSPS) is 18.9. The standard InChI is InChI=1S/C14H18N4O2/c15-10-8-11-9(1-2-14(20)17-11)7-12(10)18-5-3-13(19)16-4-6-18/h7-8H,1-6,15H2,(H,16,19)(H,17,20). The molecule has 6 nitrogen and oxygen atoms in total. The first-order chi connectivity index (χ1) is 9.63. The number of anilines is 3. The highest BCUT2D eigenvalue weighted by molar-refractivity contribution is 5.95. The first kappa shape index (κ1) is 12.8. The van der Waals surface area contributed by atoms with Gasteiger partial charge in [0.05, 0.1) is 11.4 Å². The van der Waals surface area contributed by atoms with Gasteiger partial charge in [0.15, 0.2) is 0 Å². The van der Waals surface area contributed by atoms with E-state index in [0.717, 1.165) is 29.9 Å². The van der Waals surface area contributed by atoms with E-state index in [1.807, 2.05) is 12.1 Å². The predicted octanol–water partition coefficient (Wildman–Crippen LogP) is 0.480. The fraction of sp³-hybridized carbons (Fsp3) is 0.429. The number of amides is 2. The van der Waals surface area contributed by atoms with Gasteiger partial charge in [0.1, 0.15) is 0 Å². The third kappa shape index (κ3) is 2.41. The van der Waals surface area contributed by atoms with Crippen LogP contribution in [0.1, 0.15) is 18.4 Å². The highest BCUT2D eigenvalue weighted by Crippen LogP contribution is 2.33. The van der Waals surface area contributed by atoms with E-state index in [1.54, 1.807) is 0 Å². The van der Waals surface area contributed by atoms with Crippen LogP contribution in [0.15, 0.2) is 12.1 Å². The fourth-order valence-corrected chi connectivity index (χ4v) is 2.71. The Morgan fingerprint density at radius 1 is 1.05 bits per heavy atom. The number of hydrogen-bond donors (Lipinski definition) is 3. The second-order valence-electron chi connectivity index (χ2n) is 5.20. The van der Waals surface area contributed by atoms with Crippen LogP contribution in [0, 0.1) is 0 Å².